The van der Waals surface area contributed by atoms with Crippen LogP contribution in [0.25, 0.3) is 0 Å². The number of aliphatic hydroxyl groups is 2. The fraction of sp³-hybridized carbons (Fsp3) is 0.800. The molecule has 0 saturated carbocycles. The van der Waals surface area contributed by atoms with E-state index in [9.17, 15) is 15.0 Å². The van der Waals surface area contributed by atoms with Gasteiger partial charge >= 0.3 is 6.09 Å². The Bertz CT molecular complexity index is 371. The van der Waals surface area contributed by atoms with Crippen molar-refractivity contribution in [2.75, 3.05) is 39.5 Å². The number of nitrogens with zero attached hydrogens (tertiary/aromatic N) is 1. The van der Waals surface area contributed by atoms with Crippen LogP contribution in [0, 0.1) is 0 Å². The van der Waals surface area contributed by atoms with E-state index in [-0.39, 0.29) is 0 Å². The molecule has 8 heteroatoms. The van der Waals surface area contributed by atoms with Crippen molar-refractivity contribution in [2.45, 2.75) is 38.8 Å². The minimum atomic E-state index is -0.760. The van der Waals surface area contributed by atoms with Crippen LogP contribution in [0.15, 0.2) is 12.2 Å². The quantitative estimate of drug-likeness (QED) is 0.405. The highest BCUT2D eigenvalue weighted by molar-refractivity contribution is 5.67. The first kappa shape index (κ1) is 19.9. The molecule has 2 unspecified atom stereocenters. The number of nitrogens with one attached hydrogen (secondary N) is 1. The normalized spacial score (nSPS) is 21.6. The van der Waals surface area contributed by atoms with Gasteiger partial charge in [0.05, 0.1) is 26.4 Å². The molecule has 1 amide bonds. The van der Waals surface area contributed by atoms with Crippen molar-refractivity contribution in [3.05, 3.63) is 12.2 Å². The molecule has 0 bridgehead atoms. The Morgan fingerprint density at radius 2 is 1.65 bits per heavy atom. The molecule has 8 nitrogen and oxygen atoms in total. The maximum Gasteiger partial charge on any atom is 0.407 e. The number of amides is 1. The van der Waals surface area contributed by atoms with Crippen LogP contribution < -0.4 is 5.32 Å². The number of hydrogen-bond acceptors (Lipinski definition) is 7. The van der Waals surface area contributed by atoms with Crippen LogP contribution >= 0.6 is 0 Å². The number of alkyl carbamates (subject to hydrolysis) is 1. The average Bonchev–Trinajstić information content (AvgIpc) is 2.75. The van der Waals surface area contributed by atoms with Crippen LogP contribution in [0.1, 0.15) is 20.8 Å². The molecule has 0 spiro atoms. The molecule has 0 radical (unpaired) electrons. The molecule has 1 aliphatic rings. The Morgan fingerprint density at radius 1 is 1.09 bits per heavy atom. The summed E-state index contributed by atoms with van der Waals surface area (Å²) in [5.74, 6) is 0. The lowest BCUT2D eigenvalue weighted by molar-refractivity contribution is -0.0564. The van der Waals surface area contributed by atoms with Crippen LogP contribution in [0.2, 0.25) is 0 Å². The molecule has 0 aromatic carbocycles. The lowest BCUT2D eigenvalue weighted by Crippen LogP contribution is -2.39. The Morgan fingerprint density at radius 3 is 2.22 bits per heavy atom. The second-order valence-electron chi connectivity index (χ2n) is 6.10. The van der Waals surface area contributed by atoms with Gasteiger partial charge in [0.1, 0.15) is 18.1 Å². The van der Waals surface area contributed by atoms with Crippen molar-refractivity contribution in [1.82, 2.24) is 10.2 Å². The molecular weight excluding hydrogens is 304 g/mol. The number of carbonyl (C=O) groups excluding carboxylic acids is 1. The molecule has 3 N–H and O–H groups in total. The highest BCUT2D eigenvalue weighted by Crippen LogP contribution is 2.11. The van der Waals surface area contributed by atoms with Crippen LogP contribution in [0.4, 0.5) is 4.79 Å². The van der Waals surface area contributed by atoms with E-state index >= 15 is 0 Å². The molecule has 0 fully saturated rings. The summed E-state index contributed by atoms with van der Waals surface area (Å²) in [4.78, 5) is 12.9. The van der Waals surface area contributed by atoms with Gasteiger partial charge in [0.25, 0.3) is 0 Å². The summed E-state index contributed by atoms with van der Waals surface area (Å²) in [5.41, 5.74) is -0.509. The van der Waals surface area contributed by atoms with Crippen LogP contribution in [-0.4, -0.2) is 78.8 Å². The molecule has 0 aromatic rings. The number of aliphatic hydroxyl groups excluding tert-OH is 2. The second-order valence-corrected chi connectivity index (χ2v) is 6.10. The summed E-state index contributed by atoms with van der Waals surface area (Å²) in [6.07, 6.45) is 1.08. The Labute approximate surface area is 137 Å². The van der Waals surface area contributed by atoms with Gasteiger partial charge in [-0.1, -0.05) is 0 Å². The van der Waals surface area contributed by atoms with Gasteiger partial charge in [0.15, 0.2) is 0 Å². The highest BCUT2D eigenvalue weighted by atomic mass is 16.6. The van der Waals surface area contributed by atoms with E-state index in [0.717, 1.165) is 0 Å². The predicted molar refractivity (Wildman–Crippen MR) is 83.7 cm³/mol. The molecule has 1 aliphatic heterocycles. The van der Waals surface area contributed by atoms with Crippen molar-refractivity contribution in [3.63, 3.8) is 0 Å². The Balaban J connectivity index is 1.89. The number of rotatable bonds is 9. The zero-order chi connectivity index (χ0) is 17.3. The van der Waals surface area contributed by atoms with E-state index in [1.54, 1.807) is 20.8 Å². The fourth-order valence-corrected chi connectivity index (χ4v) is 1.87. The highest BCUT2D eigenvalue weighted by Gasteiger charge is 2.24. The molecule has 1 rings (SSSR count). The Kier molecular flexibility index (Phi) is 8.49. The second kappa shape index (κ2) is 9.84. The maximum atomic E-state index is 11.3. The van der Waals surface area contributed by atoms with Gasteiger partial charge in [-0.2, -0.15) is 0 Å². The predicted octanol–water partition coefficient (Wildman–Crippen LogP) is 0.0529. The molecule has 134 valence electrons. The molecular formula is C15H28N2O6. The number of ether oxygens (including phenoxy) is 3. The van der Waals surface area contributed by atoms with Gasteiger partial charge in [0, 0.05) is 13.1 Å². The molecule has 2 atom stereocenters. The van der Waals surface area contributed by atoms with E-state index in [4.69, 9.17) is 14.2 Å². The summed E-state index contributed by atoms with van der Waals surface area (Å²) in [6.45, 7) is 7.76. The van der Waals surface area contributed by atoms with E-state index in [2.05, 4.69) is 5.32 Å². The minimum absolute atomic E-state index is 0.368. The maximum absolute atomic E-state index is 11.3. The van der Waals surface area contributed by atoms with Crippen molar-refractivity contribution in [2.24, 2.45) is 0 Å². The van der Waals surface area contributed by atoms with Gasteiger partial charge in [0.2, 0.25) is 0 Å². The topological polar surface area (TPSA) is 100 Å². The number of carbonyl (C=O) groups is 1. The van der Waals surface area contributed by atoms with Crippen molar-refractivity contribution in [3.8, 4) is 0 Å². The lowest BCUT2D eigenvalue weighted by Gasteiger charge is -2.23. The first-order valence-corrected chi connectivity index (χ1v) is 7.72. The SMILES string of the molecule is CC(C)(C)OC(=O)NCCOCCOCCN1C(O)C=CC1O. The summed E-state index contributed by atoms with van der Waals surface area (Å²) in [7, 11) is 0. The standard InChI is InChI=1S/C15H28N2O6/c1-15(2,3)23-14(20)16-6-8-21-10-11-22-9-7-17-12(18)4-5-13(17)19/h4-5,12-13,18-19H,6-11H2,1-3H3,(H,16,20). The smallest absolute Gasteiger partial charge is 0.407 e. The van der Waals surface area contributed by atoms with E-state index in [0.29, 0.717) is 39.5 Å². The van der Waals surface area contributed by atoms with E-state index in [1.807, 2.05) is 0 Å². The van der Waals surface area contributed by atoms with E-state index < -0.39 is 24.2 Å². The average molecular weight is 332 g/mol. The third kappa shape index (κ3) is 8.87. The van der Waals surface area contributed by atoms with Gasteiger partial charge < -0.3 is 29.7 Å². The summed E-state index contributed by atoms with van der Waals surface area (Å²) < 4.78 is 15.7. The van der Waals surface area contributed by atoms with Crippen molar-refractivity contribution >= 4 is 6.09 Å². The first-order chi connectivity index (χ1) is 10.8. The largest absolute Gasteiger partial charge is 0.444 e. The fourth-order valence-electron chi connectivity index (χ4n) is 1.87. The van der Waals surface area contributed by atoms with Crippen LogP contribution in [0.3, 0.4) is 0 Å². The molecule has 0 aromatic heterocycles. The van der Waals surface area contributed by atoms with Crippen LogP contribution in [-0.2, 0) is 14.2 Å². The van der Waals surface area contributed by atoms with E-state index in [1.165, 1.54) is 17.1 Å². The zero-order valence-corrected chi connectivity index (χ0v) is 14.0. The first-order valence-electron chi connectivity index (χ1n) is 7.72. The third-order valence-electron chi connectivity index (χ3n) is 2.92. The zero-order valence-electron chi connectivity index (χ0n) is 14.0. The van der Waals surface area contributed by atoms with Crippen molar-refractivity contribution in [1.29, 1.82) is 0 Å². The molecule has 0 saturated heterocycles. The van der Waals surface area contributed by atoms with Gasteiger partial charge in [-0.25, -0.2) is 9.69 Å². The van der Waals surface area contributed by atoms with Crippen molar-refractivity contribution < 1.29 is 29.2 Å². The summed E-state index contributed by atoms with van der Waals surface area (Å²) in [5, 5.41) is 21.6. The van der Waals surface area contributed by atoms with Gasteiger partial charge in [-0.15, -0.1) is 0 Å². The van der Waals surface area contributed by atoms with Gasteiger partial charge in [-0.05, 0) is 32.9 Å². The molecule has 23 heavy (non-hydrogen) atoms. The minimum Gasteiger partial charge on any atom is -0.444 e. The van der Waals surface area contributed by atoms with Gasteiger partial charge in [-0.3, -0.25) is 0 Å². The summed E-state index contributed by atoms with van der Waals surface area (Å²) in [6, 6.07) is 0. The molecule has 0 aliphatic carbocycles. The Hall–Kier alpha value is -1.19. The third-order valence-corrected chi connectivity index (χ3v) is 2.92. The summed E-state index contributed by atoms with van der Waals surface area (Å²) >= 11 is 0. The number of hydrogen-bond donors (Lipinski definition) is 3. The van der Waals surface area contributed by atoms with Crippen LogP contribution in [0.5, 0.6) is 0 Å². The molecule has 1 heterocycles. The lowest BCUT2D eigenvalue weighted by atomic mass is 10.2. The monoisotopic (exact) mass is 332 g/mol.